The van der Waals surface area contributed by atoms with Gasteiger partial charge in [-0.2, -0.15) is 8.75 Å². The van der Waals surface area contributed by atoms with Crippen molar-refractivity contribution in [1.29, 1.82) is 0 Å². The normalized spacial score (nSPS) is 21.8. The number of carbonyl (C=O) groups is 1. The summed E-state index contributed by atoms with van der Waals surface area (Å²) in [6.07, 6.45) is 6.63. The van der Waals surface area contributed by atoms with Crippen LogP contribution in [-0.4, -0.2) is 51.4 Å². The summed E-state index contributed by atoms with van der Waals surface area (Å²) in [7, 11) is 0. The number of ether oxygens (including phenoxy) is 1. The SMILES string of the molecule is O=C(C[C@@H]1COCCN1Cc1ccc2nsnc2c1)NC1CC=CC1. The van der Waals surface area contributed by atoms with Crippen LogP contribution in [0, 0.1) is 0 Å². The van der Waals surface area contributed by atoms with Crippen molar-refractivity contribution < 1.29 is 9.53 Å². The molecule has 7 heteroatoms. The lowest BCUT2D eigenvalue weighted by atomic mass is 10.1. The number of benzene rings is 1. The summed E-state index contributed by atoms with van der Waals surface area (Å²) in [5.74, 6) is 0.119. The molecule has 2 aliphatic rings. The van der Waals surface area contributed by atoms with Gasteiger partial charge in [0.15, 0.2) is 0 Å². The first kappa shape index (κ1) is 16.6. The number of fused-ring (bicyclic) bond motifs is 1. The Hall–Kier alpha value is -1.83. The van der Waals surface area contributed by atoms with Crippen molar-refractivity contribution in [3.63, 3.8) is 0 Å². The standard InChI is InChI=1S/C18H22N4O2S/c23-18(19-14-3-1-2-4-14)10-15-12-24-8-7-22(15)11-13-5-6-16-17(9-13)21-25-20-16/h1-2,5-6,9,14-15H,3-4,7-8,10-12H2,(H,19,23)/t15-/m1/s1. The Morgan fingerprint density at radius 3 is 3.00 bits per heavy atom. The molecule has 1 aromatic heterocycles. The number of hydrogen-bond acceptors (Lipinski definition) is 6. The van der Waals surface area contributed by atoms with Gasteiger partial charge >= 0.3 is 0 Å². The van der Waals surface area contributed by atoms with Gasteiger partial charge in [-0.05, 0) is 30.5 Å². The lowest BCUT2D eigenvalue weighted by molar-refractivity contribution is -0.125. The van der Waals surface area contributed by atoms with E-state index in [-0.39, 0.29) is 18.0 Å². The first-order valence-electron chi connectivity index (χ1n) is 8.75. The Morgan fingerprint density at radius 1 is 1.28 bits per heavy atom. The van der Waals surface area contributed by atoms with Crippen LogP contribution < -0.4 is 5.32 Å². The fourth-order valence-electron chi connectivity index (χ4n) is 3.48. The second-order valence-electron chi connectivity index (χ2n) is 6.70. The first-order valence-corrected chi connectivity index (χ1v) is 9.48. The topological polar surface area (TPSA) is 67.3 Å². The maximum Gasteiger partial charge on any atom is 0.221 e. The predicted octanol–water partition coefficient (Wildman–Crippen LogP) is 2.12. The minimum Gasteiger partial charge on any atom is -0.378 e. The lowest BCUT2D eigenvalue weighted by Crippen LogP contribution is -2.48. The molecule has 1 aliphatic carbocycles. The molecule has 1 amide bonds. The zero-order chi connectivity index (χ0) is 17.1. The predicted molar refractivity (Wildman–Crippen MR) is 97.4 cm³/mol. The summed E-state index contributed by atoms with van der Waals surface area (Å²) >= 11 is 1.24. The largest absolute Gasteiger partial charge is 0.378 e. The van der Waals surface area contributed by atoms with Gasteiger partial charge < -0.3 is 10.1 Å². The van der Waals surface area contributed by atoms with Crippen molar-refractivity contribution in [1.82, 2.24) is 19.0 Å². The number of hydrogen-bond donors (Lipinski definition) is 1. The van der Waals surface area contributed by atoms with Gasteiger partial charge in [0.05, 0.1) is 24.9 Å². The molecule has 1 atom stereocenters. The third-order valence-electron chi connectivity index (χ3n) is 4.85. The van der Waals surface area contributed by atoms with Crippen LogP contribution in [0.4, 0.5) is 0 Å². The Labute approximate surface area is 151 Å². The van der Waals surface area contributed by atoms with Gasteiger partial charge in [-0.25, -0.2) is 0 Å². The molecule has 0 radical (unpaired) electrons. The number of carbonyl (C=O) groups excluding carboxylic acids is 1. The highest BCUT2D eigenvalue weighted by Crippen LogP contribution is 2.19. The van der Waals surface area contributed by atoms with E-state index in [0.717, 1.165) is 37.0 Å². The number of nitrogens with one attached hydrogen (secondary N) is 1. The summed E-state index contributed by atoms with van der Waals surface area (Å²) in [6, 6.07) is 6.59. The number of aromatic nitrogens is 2. The molecule has 6 nitrogen and oxygen atoms in total. The van der Waals surface area contributed by atoms with Gasteiger partial charge in [-0.1, -0.05) is 18.2 Å². The van der Waals surface area contributed by atoms with E-state index < -0.39 is 0 Å². The number of amides is 1. The second kappa shape index (κ2) is 7.59. The van der Waals surface area contributed by atoms with Crippen molar-refractivity contribution in [3.8, 4) is 0 Å². The maximum absolute atomic E-state index is 12.4. The fourth-order valence-corrected chi connectivity index (χ4v) is 4.00. The number of morpholine rings is 1. The molecule has 1 aromatic carbocycles. The Kier molecular flexibility index (Phi) is 5.05. The second-order valence-corrected chi connectivity index (χ2v) is 7.23. The summed E-state index contributed by atoms with van der Waals surface area (Å²) in [5.41, 5.74) is 3.09. The molecule has 0 spiro atoms. The smallest absolute Gasteiger partial charge is 0.221 e. The van der Waals surface area contributed by atoms with Gasteiger partial charge in [0.1, 0.15) is 11.0 Å². The monoisotopic (exact) mass is 358 g/mol. The maximum atomic E-state index is 12.4. The van der Waals surface area contributed by atoms with E-state index in [9.17, 15) is 4.79 Å². The molecule has 1 aliphatic heterocycles. The number of nitrogens with zero attached hydrogens (tertiary/aromatic N) is 3. The van der Waals surface area contributed by atoms with E-state index in [1.54, 1.807) is 0 Å². The number of rotatable bonds is 5. The fraction of sp³-hybridized carbons (Fsp3) is 0.500. The van der Waals surface area contributed by atoms with Gasteiger partial charge in [0.2, 0.25) is 5.91 Å². The molecule has 1 saturated heterocycles. The molecule has 1 fully saturated rings. The Morgan fingerprint density at radius 2 is 2.12 bits per heavy atom. The minimum atomic E-state index is 0.118. The molecule has 25 heavy (non-hydrogen) atoms. The molecule has 2 aromatic rings. The minimum absolute atomic E-state index is 0.118. The average Bonchev–Trinajstić information content (AvgIpc) is 3.27. The van der Waals surface area contributed by atoms with Crippen LogP contribution in [0.15, 0.2) is 30.4 Å². The van der Waals surface area contributed by atoms with E-state index in [1.165, 1.54) is 17.3 Å². The van der Waals surface area contributed by atoms with Gasteiger partial charge in [-0.3, -0.25) is 9.69 Å². The van der Waals surface area contributed by atoms with E-state index >= 15 is 0 Å². The van der Waals surface area contributed by atoms with Crippen LogP contribution in [0.1, 0.15) is 24.8 Å². The van der Waals surface area contributed by atoms with Crippen molar-refractivity contribution >= 4 is 28.7 Å². The zero-order valence-electron chi connectivity index (χ0n) is 14.1. The van der Waals surface area contributed by atoms with E-state index in [1.807, 2.05) is 6.07 Å². The van der Waals surface area contributed by atoms with Gasteiger partial charge in [-0.15, -0.1) is 0 Å². The van der Waals surface area contributed by atoms with E-state index in [0.29, 0.717) is 19.6 Å². The van der Waals surface area contributed by atoms with Crippen LogP contribution in [0.3, 0.4) is 0 Å². The summed E-state index contributed by atoms with van der Waals surface area (Å²) < 4.78 is 14.2. The van der Waals surface area contributed by atoms with Crippen molar-refractivity contribution in [2.75, 3.05) is 19.8 Å². The summed E-state index contributed by atoms with van der Waals surface area (Å²) in [4.78, 5) is 14.7. The Balaban J connectivity index is 1.38. The third-order valence-corrected chi connectivity index (χ3v) is 5.40. The van der Waals surface area contributed by atoms with Crippen LogP contribution in [0.5, 0.6) is 0 Å². The molecule has 0 saturated carbocycles. The van der Waals surface area contributed by atoms with Crippen LogP contribution in [-0.2, 0) is 16.1 Å². The van der Waals surface area contributed by atoms with Crippen molar-refractivity contribution in [2.45, 2.75) is 37.9 Å². The van der Waals surface area contributed by atoms with Crippen molar-refractivity contribution in [3.05, 3.63) is 35.9 Å². The average molecular weight is 358 g/mol. The first-order chi connectivity index (χ1) is 12.3. The molecule has 2 heterocycles. The molecule has 4 rings (SSSR count). The molecule has 0 bridgehead atoms. The highest BCUT2D eigenvalue weighted by Gasteiger charge is 2.26. The molecular formula is C18H22N4O2S. The molecule has 0 unspecified atom stereocenters. The van der Waals surface area contributed by atoms with Crippen LogP contribution in [0.2, 0.25) is 0 Å². The molecule has 132 valence electrons. The highest BCUT2D eigenvalue weighted by atomic mass is 32.1. The van der Waals surface area contributed by atoms with Gasteiger partial charge in [0.25, 0.3) is 0 Å². The molecular weight excluding hydrogens is 336 g/mol. The molecule has 1 N–H and O–H groups in total. The summed E-state index contributed by atoms with van der Waals surface area (Å²) in [5, 5.41) is 3.13. The third kappa shape index (κ3) is 4.05. The zero-order valence-corrected chi connectivity index (χ0v) is 14.9. The van der Waals surface area contributed by atoms with Crippen molar-refractivity contribution in [2.24, 2.45) is 0 Å². The van der Waals surface area contributed by atoms with E-state index in [2.05, 4.69) is 43.2 Å². The highest BCUT2D eigenvalue weighted by molar-refractivity contribution is 7.00. The van der Waals surface area contributed by atoms with E-state index in [4.69, 9.17) is 4.74 Å². The van der Waals surface area contributed by atoms with Crippen LogP contribution >= 0.6 is 11.7 Å². The lowest BCUT2D eigenvalue weighted by Gasteiger charge is -2.35. The van der Waals surface area contributed by atoms with Gasteiger partial charge in [0, 0.05) is 31.6 Å². The van der Waals surface area contributed by atoms with Crippen LogP contribution in [0.25, 0.3) is 11.0 Å². The summed E-state index contributed by atoms with van der Waals surface area (Å²) in [6.45, 7) is 2.97. The quantitative estimate of drug-likeness (QED) is 0.829. The Bertz CT molecular complexity index is 767.